The molecule has 4 nitrogen and oxygen atoms in total. The van der Waals surface area contributed by atoms with Crippen LogP contribution in [0.3, 0.4) is 0 Å². The standard InChI is InChI=1S/C25H39N3O/c1-22(24-21-26-28-27-24)25(29)20-16-11-9-7-5-3-2-4-6-8-10-13-17-23-18-14-12-15-19-23/h12,14-15,18-19,21-22H,2-11,13,16-17,20H2,1H3,(H,26,27,28). The van der Waals surface area contributed by atoms with Crippen LogP contribution in [-0.4, -0.2) is 21.2 Å². The van der Waals surface area contributed by atoms with E-state index in [9.17, 15) is 4.79 Å². The van der Waals surface area contributed by atoms with E-state index in [0.29, 0.717) is 6.42 Å². The van der Waals surface area contributed by atoms with E-state index in [-0.39, 0.29) is 11.7 Å². The Morgan fingerprint density at radius 2 is 1.38 bits per heavy atom. The molecule has 0 fully saturated rings. The average Bonchev–Trinajstić information content (AvgIpc) is 3.29. The normalized spacial score (nSPS) is 12.2. The van der Waals surface area contributed by atoms with Crippen molar-refractivity contribution in [3.05, 3.63) is 47.8 Å². The predicted octanol–water partition coefficient (Wildman–Crippen LogP) is 6.79. The van der Waals surface area contributed by atoms with Gasteiger partial charge in [0.1, 0.15) is 5.78 Å². The summed E-state index contributed by atoms with van der Waals surface area (Å²) in [5.41, 5.74) is 2.23. The minimum atomic E-state index is -0.132. The van der Waals surface area contributed by atoms with Gasteiger partial charge in [0.25, 0.3) is 0 Å². The first-order valence-corrected chi connectivity index (χ1v) is 11.7. The number of hydrogen-bond acceptors (Lipinski definition) is 3. The van der Waals surface area contributed by atoms with E-state index in [0.717, 1.165) is 12.1 Å². The molecule has 0 aliphatic rings. The Hall–Kier alpha value is -1.97. The molecular weight excluding hydrogens is 358 g/mol. The van der Waals surface area contributed by atoms with Gasteiger partial charge in [-0.15, -0.1) is 0 Å². The monoisotopic (exact) mass is 397 g/mol. The van der Waals surface area contributed by atoms with Crippen LogP contribution < -0.4 is 0 Å². The summed E-state index contributed by atoms with van der Waals surface area (Å²) in [5.74, 6) is 0.148. The summed E-state index contributed by atoms with van der Waals surface area (Å²) in [7, 11) is 0. The molecule has 2 rings (SSSR count). The van der Waals surface area contributed by atoms with Crippen LogP contribution in [0.2, 0.25) is 0 Å². The van der Waals surface area contributed by atoms with E-state index in [1.807, 2.05) is 6.92 Å². The van der Waals surface area contributed by atoms with Crippen molar-refractivity contribution in [2.24, 2.45) is 0 Å². The largest absolute Gasteiger partial charge is 0.299 e. The zero-order valence-corrected chi connectivity index (χ0v) is 18.2. The van der Waals surface area contributed by atoms with Gasteiger partial charge in [0, 0.05) is 6.42 Å². The highest BCUT2D eigenvalue weighted by atomic mass is 16.1. The Morgan fingerprint density at radius 1 is 0.828 bits per heavy atom. The van der Waals surface area contributed by atoms with E-state index < -0.39 is 0 Å². The SMILES string of the molecule is CC(C(=O)CCCCCCCCCCCCCCc1ccccc1)c1cn[nH]n1. The second-order valence-electron chi connectivity index (χ2n) is 8.31. The highest BCUT2D eigenvalue weighted by Crippen LogP contribution is 2.17. The molecule has 0 radical (unpaired) electrons. The molecule has 2 aromatic rings. The van der Waals surface area contributed by atoms with E-state index in [1.54, 1.807) is 6.20 Å². The number of benzene rings is 1. The van der Waals surface area contributed by atoms with Crippen molar-refractivity contribution in [1.82, 2.24) is 15.4 Å². The van der Waals surface area contributed by atoms with Crippen molar-refractivity contribution in [3.8, 4) is 0 Å². The lowest BCUT2D eigenvalue weighted by molar-refractivity contribution is -0.120. The van der Waals surface area contributed by atoms with Gasteiger partial charge in [0.2, 0.25) is 0 Å². The maximum Gasteiger partial charge on any atom is 0.141 e. The molecule has 0 saturated carbocycles. The van der Waals surface area contributed by atoms with E-state index in [4.69, 9.17) is 0 Å². The number of hydrogen-bond donors (Lipinski definition) is 1. The Labute approximate surface area is 176 Å². The van der Waals surface area contributed by atoms with Gasteiger partial charge in [-0.3, -0.25) is 4.79 Å². The molecule has 1 unspecified atom stereocenters. The first-order chi connectivity index (χ1) is 14.3. The quantitative estimate of drug-likeness (QED) is 0.299. The third kappa shape index (κ3) is 10.4. The number of carbonyl (C=O) groups excluding carboxylic acids is 1. The summed E-state index contributed by atoms with van der Waals surface area (Å²) in [5, 5.41) is 10.4. The van der Waals surface area contributed by atoms with Crippen LogP contribution >= 0.6 is 0 Å². The van der Waals surface area contributed by atoms with Crippen LogP contribution in [0.1, 0.15) is 108 Å². The average molecular weight is 398 g/mol. The fourth-order valence-corrected chi connectivity index (χ4v) is 3.84. The lowest BCUT2D eigenvalue weighted by atomic mass is 9.97. The molecule has 160 valence electrons. The van der Waals surface area contributed by atoms with E-state index >= 15 is 0 Å². The zero-order chi connectivity index (χ0) is 20.6. The third-order valence-electron chi connectivity index (χ3n) is 5.84. The summed E-state index contributed by atoms with van der Waals surface area (Å²) in [4.78, 5) is 12.1. The number of rotatable bonds is 17. The van der Waals surface area contributed by atoms with Crippen LogP contribution in [0, 0.1) is 0 Å². The number of H-pyrrole nitrogens is 1. The van der Waals surface area contributed by atoms with Crippen molar-refractivity contribution >= 4 is 5.78 Å². The molecule has 1 atom stereocenters. The molecule has 1 aromatic heterocycles. The minimum Gasteiger partial charge on any atom is -0.299 e. The van der Waals surface area contributed by atoms with Crippen LogP contribution in [0.4, 0.5) is 0 Å². The predicted molar refractivity (Wildman–Crippen MR) is 120 cm³/mol. The van der Waals surface area contributed by atoms with Crippen molar-refractivity contribution in [2.45, 2.75) is 103 Å². The number of aryl methyl sites for hydroxylation is 1. The lowest BCUT2D eigenvalue weighted by Crippen LogP contribution is -2.09. The van der Waals surface area contributed by atoms with Crippen molar-refractivity contribution < 1.29 is 4.79 Å². The van der Waals surface area contributed by atoms with Gasteiger partial charge in [-0.05, 0) is 31.7 Å². The maximum absolute atomic E-state index is 12.1. The Kier molecular flexibility index (Phi) is 12.0. The number of unbranched alkanes of at least 4 members (excludes halogenated alkanes) is 11. The first-order valence-electron chi connectivity index (χ1n) is 11.7. The van der Waals surface area contributed by atoms with Crippen molar-refractivity contribution in [1.29, 1.82) is 0 Å². The highest BCUT2D eigenvalue weighted by Gasteiger charge is 2.16. The fourth-order valence-electron chi connectivity index (χ4n) is 3.84. The van der Waals surface area contributed by atoms with Crippen molar-refractivity contribution in [3.63, 3.8) is 0 Å². The molecular formula is C25H39N3O. The Bertz CT molecular complexity index is 639. The third-order valence-corrected chi connectivity index (χ3v) is 5.84. The topological polar surface area (TPSA) is 58.6 Å². The second kappa shape index (κ2) is 14.9. The summed E-state index contributed by atoms with van der Waals surface area (Å²) in [6.07, 6.45) is 19.2. The molecule has 0 spiro atoms. The van der Waals surface area contributed by atoms with Gasteiger partial charge in [0.15, 0.2) is 0 Å². The lowest BCUT2D eigenvalue weighted by Gasteiger charge is -2.07. The highest BCUT2D eigenvalue weighted by molar-refractivity contribution is 5.84. The Balaban J connectivity index is 1.31. The van der Waals surface area contributed by atoms with Crippen LogP contribution in [0.5, 0.6) is 0 Å². The summed E-state index contributed by atoms with van der Waals surface area (Å²) < 4.78 is 0. The number of ketones is 1. The molecule has 0 saturated heterocycles. The fraction of sp³-hybridized carbons (Fsp3) is 0.640. The van der Waals surface area contributed by atoms with Gasteiger partial charge in [-0.25, -0.2) is 0 Å². The minimum absolute atomic E-state index is 0.132. The van der Waals surface area contributed by atoms with Gasteiger partial charge in [-0.2, -0.15) is 15.4 Å². The van der Waals surface area contributed by atoms with E-state index in [2.05, 4.69) is 45.7 Å². The molecule has 0 aliphatic carbocycles. The molecule has 1 heterocycles. The number of nitrogens with zero attached hydrogens (tertiary/aromatic N) is 2. The molecule has 1 aromatic carbocycles. The Morgan fingerprint density at radius 3 is 1.93 bits per heavy atom. The number of carbonyl (C=O) groups is 1. The molecule has 4 heteroatoms. The number of aromatic amines is 1. The van der Waals surface area contributed by atoms with Crippen molar-refractivity contribution in [2.75, 3.05) is 0 Å². The molecule has 0 aliphatic heterocycles. The number of Topliss-reactive ketones (excluding diaryl/α,β-unsaturated/α-hetero) is 1. The van der Waals surface area contributed by atoms with Gasteiger partial charge in [0.05, 0.1) is 17.8 Å². The summed E-state index contributed by atoms with van der Waals surface area (Å²) in [6.45, 7) is 1.92. The second-order valence-corrected chi connectivity index (χ2v) is 8.31. The number of nitrogens with one attached hydrogen (secondary N) is 1. The molecule has 1 N–H and O–H groups in total. The van der Waals surface area contributed by atoms with Crippen LogP contribution in [0.25, 0.3) is 0 Å². The molecule has 29 heavy (non-hydrogen) atoms. The summed E-state index contributed by atoms with van der Waals surface area (Å²) >= 11 is 0. The van der Waals surface area contributed by atoms with Gasteiger partial charge in [-0.1, -0.05) is 94.5 Å². The smallest absolute Gasteiger partial charge is 0.141 e. The summed E-state index contributed by atoms with van der Waals surface area (Å²) in [6, 6.07) is 10.8. The van der Waals surface area contributed by atoms with Crippen LogP contribution in [0.15, 0.2) is 36.5 Å². The maximum atomic E-state index is 12.1. The van der Waals surface area contributed by atoms with E-state index in [1.165, 1.54) is 82.6 Å². The zero-order valence-electron chi connectivity index (χ0n) is 18.2. The molecule has 0 bridgehead atoms. The molecule has 0 amide bonds. The first kappa shape index (κ1) is 23.3. The van der Waals surface area contributed by atoms with Crippen LogP contribution in [-0.2, 0) is 11.2 Å². The van der Waals surface area contributed by atoms with Gasteiger partial charge < -0.3 is 0 Å². The number of aromatic nitrogens is 3. The van der Waals surface area contributed by atoms with Gasteiger partial charge >= 0.3 is 0 Å².